The van der Waals surface area contributed by atoms with Crippen molar-refractivity contribution in [2.24, 2.45) is 5.92 Å². The number of nitrogens with one attached hydrogen (secondary N) is 2. The molecule has 2 aliphatic carbocycles. The summed E-state index contributed by atoms with van der Waals surface area (Å²) in [6.45, 7) is 5.31. The van der Waals surface area contributed by atoms with Crippen LogP contribution < -0.4 is 10.6 Å². The van der Waals surface area contributed by atoms with E-state index in [1.165, 1.54) is 23.5 Å². The third kappa shape index (κ3) is 6.40. The van der Waals surface area contributed by atoms with E-state index in [1.54, 1.807) is 0 Å². The van der Waals surface area contributed by atoms with Gasteiger partial charge in [-0.05, 0) is 63.4 Å². The third-order valence-electron chi connectivity index (χ3n) is 8.07. The smallest absolute Gasteiger partial charge is 0.224 e. The highest BCUT2D eigenvalue weighted by Gasteiger charge is 2.44. The molecule has 0 unspecified atom stereocenters. The second-order valence-electron chi connectivity index (χ2n) is 11.3. The number of nitrogens with zero attached hydrogens (tertiary/aromatic N) is 4. The second-order valence-corrected chi connectivity index (χ2v) is 14.3. The number of fused-ring (bicyclic) bond motifs is 1. The van der Waals surface area contributed by atoms with Crippen LogP contribution in [-0.2, 0) is 14.6 Å². The molecular formula is C30H35FN6O5S2. The van der Waals surface area contributed by atoms with Crippen molar-refractivity contribution in [1.82, 2.24) is 19.9 Å². The number of aliphatic hydroxyl groups excluding tert-OH is 2. The maximum Gasteiger partial charge on any atom is 0.224 e. The summed E-state index contributed by atoms with van der Waals surface area (Å²) in [6.07, 6.45) is 1.59. The number of pyridine rings is 1. The fourth-order valence-electron chi connectivity index (χ4n) is 5.66. The second kappa shape index (κ2) is 12.6. The van der Waals surface area contributed by atoms with E-state index >= 15 is 0 Å². The van der Waals surface area contributed by atoms with Crippen LogP contribution in [0.25, 0.3) is 20.8 Å². The van der Waals surface area contributed by atoms with Gasteiger partial charge in [0.25, 0.3) is 0 Å². The zero-order valence-electron chi connectivity index (χ0n) is 24.4. The SMILES string of the molecule is CCOCCNc1nc(C)c(-c2nc3c(C4CC4)nccc3s2)c(N[C@@H]2C[C@H](CS(=O)(=O)c3ccc(F)cc3)[C@@H](O)[C@H]2O)n1. The summed E-state index contributed by atoms with van der Waals surface area (Å²) in [7, 11) is -3.84. The summed E-state index contributed by atoms with van der Waals surface area (Å²) >= 11 is 1.51. The van der Waals surface area contributed by atoms with E-state index in [0.717, 1.165) is 40.9 Å². The highest BCUT2D eigenvalue weighted by atomic mass is 32.2. The normalized spacial score (nSPS) is 22.0. The first-order valence-corrected chi connectivity index (χ1v) is 17.2. The zero-order chi connectivity index (χ0) is 31.0. The van der Waals surface area contributed by atoms with Crippen LogP contribution in [0.5, 0.6) is 0 Å². The van der Waals surface area contributed by atoms with Gasteiger partial charge in [0.1, 0.15) is 28.3 Å². The first-order valence-electron chi connectivity index (χ1n) is 14.7. The molecule has 4 N–H and O–H groups in total. The van der Waals surface area contributed by atoms with Gasteiger partial charge in [-0.1, -0.05) is 0 Å². The number of benzene rings is 1. The van der Waals surface area contributed by atoms with Gasteiger partial charge in [-0.2, -0.15) is 4.98 Å². The molecule has 0 aliphatic heterocycles. The van der Waals surface area contributed by atoms with E-state index in [9.17, 15) is 23.0 Å². The van der Waals surface area contributed by atoms with Crippen LogP contribution in [0.4, 0.5) is 16.2 Å². The fourth-order valence-corrected chi connectivity index (χ4v) is 8.37. The first kappa shape index (κ1) is 30.7. The standard InChI is InChI=1S/C30H35FN6O5S2/c1-3-42-13-12-33-30-34-16(2)23(29-36-25-22(43-29)10-11-32-24(25)17-4-5-17)28(37-30)35-21-14-18(26(38)27(21)39)15-44(40,41)20-8-6-19(31)7-9-20/h6-11,17-18,21,26-27,38-39H,3-5,12-15H2,1-2H3,(H2,33,34,35,37)/t18-,21-,26-,27+/m1/s1. The van der Waals surface area contributed by atoms with E-state index in [2.05, 4.69) is 20.6 Å². The topological polar surface area (TPSA) is 159 Å². The number of aryl methyl sites for hydroxylation is 1. The van der Waals surface area contributed by atoms with E-state index < -0.39 is 45.6 Å². The minimum atomic E-state index is -3.84. The van der Waals surface area contributed by atoms with Crippen LogP contribution >= 0.6 is 11.3 Å². The molecule has 3 heterocycles. The minimum Gasteiger partial charge on any atom is -0.390 e. The number of aliphatic hydroxyl groups is 2. The number of halogens is 1. The molecule has 0 spiro atoms. The Balaban J connectivity index is 1.30. The Morgan fingerprint density at radius 2 is 1.86 bits per heavy atom. The van der Waals surface area contributed by atoms with Gasteiger partial charge in [0, 0.05) is 31.2 Å². The van der Waals surface area contributed by atoms with Gasteiger partial charge in [-0.25, -0.2) is 22.8 Å². The summed E-state index contributed by atoms with van der Waals surface area (Å²) in [5, 5.41) is 29.1. The molecule has 0 saturated heterocycles. The van der Waals surface area contributed by atoms with Gasteiger partial charge >= 0.3 is 0 Å². The lowest BCUT2D eigenvalue weighted by atomic mass is 10.1. The molecular weight excluding hydrogens is 607 g/mol. The average molecular weight is 643 g/mol. The Labute approximate surface area is 258 Å². The Kier molecular flexibility index (Phi) is 8.79. The van der Waals surface area contributed by atoms with Crippen molar-refractivity contribution in [2.45, 2.75) is 62.2 Å². The molecule has 2 aliphatic rings. The lowest BCUT2D eigenvalue weighted by Gasteiger charge is -2.21. The van der Waals surface area contributed by atoms with Crippen LogP contribution in [-0.4, -0.2) is 82.3 Å². The predicted octanol–water partition coefficient (Wildman–Crippen LogP) is 3.92. The summed E-state index contributed by atoms with van der Waals surface area (Å²) in [5.74, 6) is -0.515. The third-order valence-corrected chi connectivity index (χ3v) is 11.0. The molecule has 1 aromatic carbocycles. The van der Waals surface area contributed by atoms with Gasteiger partial charge in [0.15, 0.2) is 9.84 Å². The Hall–Kier alpha value is -3.30. The maximum absolute atomic E-state index is 13.4. The van der Waals surface area contributed by atoms with E-state index in [0.29, 0.717) is 53.7 Å². The quantitative estimate of drug-likeness (QED) is 0.131. The molecule has 6 rings (SSSR count). The lowest BCUT2D eigenvalue weighted by molar-refractivity contribution is 0.0216. The molecule has 0 bridgehead atoms. The molecule has 2 saturated carbocycles. The molecule has 234 valence electrons. The van der Waals surface area contributed by atoms with Gasteiger partial charge in [0.05, 0.1) is 51.1 Å². The lowest BCUT2D eigenvalue weighted by Crippen LogP contribution is -2.36. The molecule has 44 heavy (non-hydrogen) atoms. The highest BCUT2D eigenvalue weighted by molar-refractivity contribution is 7.91. The van der Waals surface area contributed by atoms with E-state index in [4.69, 9.17) is 14.7 Å². The molecule has 0 radical (unpaired) electrons. The molecule has 2 fully saturated rings. The number of aromatic nitrogens is 4. The highest BCUT2D eigenvalue weighted by Crippen LogP contribution is 2.44. The van der Waals surface area contributed by atoms with E-state index in [-0.39, 0.29) is 11.3 Å². The molecule has 4 atom stereocenters. The van der Waals surface area contributed by atoms with Crippen molar-refractivity contribution >= 4 is 43.2 Å². The van der Waals surface area contributed by atoms with Crippen LogP contribution in [0.2, 0.25) is 0 Å². The molecule has 14 heteroatoms. The molecule has 4 aromatic rings. The Bertz CT molecular complexity index is 1750. The first-order chi connectivity index (χ1) is 21.1. The summed E-state index contributed by atoms with van der Waals surface area (Å²) < 4.78 is 45.9. The number of ether oxygens (including phenoxy) is 1. The van der Waals surface area contributed by atoms with Crippen LogP contribution in [0, 0.1) is 18.7 Å². The van der Waals surface area contributed by atoms with Gasteiger partial charge in [-0.15, -0.1) is 11.3 Å². The summed E-state index contributed by atoms with van der Waals surface area (Å²) in [4.78, 5) is 18.9. The zero-order valence-corrected chi connectivity index (χ0v) is 26.0. The number of rotatable bonds is 12. The van der Waals surface area contributed by atoms with Crippen molar-refractivity contribution in [3.05, 3.63) is 53.7 Å². The van der Waals surface area contributed by atoms with Gasteiger partial charge < -0.3 is 25.6 Å². The van der Waals surface area contributed by atoms with Crippen molar-refractivity contribution in [3.63, 3.8) is 0 Å². The van der Waals surface area contributed by atoms with Crippen LogP contribution in [0.1, 0.15) is 43.5 Å². The number of hydrogen-bond acceptors (Lipinski definition) is 12. The number of hydrogen-bond donors (Lipinski definition) is 4. The largest absolute Gasteiger partial charge is 0.390 e. The number of thiazole rings is 1. The summed E-state index contributed by atoms with van der Waals surface area (Å²) in [5.41, 5.74) is 3.17. The van der Waals surface area contributed by atoms with Crippen molar-refractivity contribution < 1.29 is 27.8 Å². The van der Waals surface area contributed by atoms with E-state index in [1.807, 2.05) is 26.1 Å². The Morgan fingerprint density at radius 3 is 2.59 bits per heavy atom. The predicted molar refractivity (Wildman–Crippen MR) is 166 cm³/mol. The van der Waals surface area contributed by atoms with Crippen molar-refractivity contribution in [2.75, 3.05) is 36.1 Å². The summed E-state index contributed by atoms with van der Waals surface area (Å²) in [6, 6.07) is 5.82. The Morgan fingerprint density at radius 1 is 1.09 bits per heavy atom. The minimum absolute atomic E-state index is 0.0376. The average Bonchev–Trinajstić information content (AvgIpc) is 3.70. The van der Waals surface area contributed by atoms with Gasteiger partial charge in [-0.3, -0.25) is 4.98 Å². The molecule has 0 amide bonds. The van der Waals surface area contributed by atoms with Crippen molar-refractivity contribution in [3.8, 4) is 10.6 Å². The number of sulfone groups is 1. The molecule has 11 nitrogen and oxygen atoms in total. The maximum atomic E-state index is 13.4. The van der Waals surface area contributed by atoms with Gasteiger partial charge in [0.2, 0.25) is 5.95 Å². The number of anilines is 2. The van der Waals surface area contributed by atoms with Crippen molar-refractivity contribution in [1.29, 1.82) is 0 Å². The monoisotopic (exact) mass is 642 g/mol. The van der Waals surface area contributed by atoms with Crippen LogP contribution in [0.15, 0.2) is 41.4 Å². The van der Waals surface area contributed by atoms with Crippen LogP contribution in [0.3, 0.4) is 0 Å². The molecule has 3 aromatic heterocycles. The fraction of sp³-hybridized carbons (Fsp3) is 0.467.